The number of nitrogens with one attached hydrogen (secondary N) is 1. The molecule has 3 rings (SSSR count). The summed E-state index contributed by atoms with van der Waals surface area (Å²) in [5.41, 5.74) is 1.46. The average molecular weight is 471 g/mol. The van der Waals surface area contributed by atoms with Gasteiger partial charge in [0.1, 0.15) is 5.56 Å². The van der Waals surface area contributed by atoms with E-state index in [1.54, 1.807) is 49.4 Å². The third kappa shape index (κ3) is 5.06. The van der Waals surface area contributed by atoms with Crippen molar-refractivity contribution in [3.63, 3.8) is 0 Å². The van der Waals surface area contributed by atoms with Gasteiger partial charge in [0.2, 0.25) is 0 Å². The van der Waals surface area contributed by atoms with Gasteiger partial charge in [0.15, 0.2) is 11.9 Å². The highest BCUT2D eigenvalue weighted by Crippen LogP contribution is 2.26. The highest BCUT2D eigenvalue weighted by molar-refractivity contribution is 7.92. The molecule has 1 amide bonds. The predicted molar refractivity (Wildman–Crippen MR) is 123 cm³/mol. The van der Waals surface area contributed by atoms with Crippen LogP contribution in [0.4, 0.5) is 5.82 Å². The maximum atomic E-state index is 13.2. The van der Waals surface area contributed by atoms with Crippen molar-refractivity contribution in [3.05, 3.63) is 77.5 Å². The Hall–Kier alpha value is -3.66. The Morgan fingerprint density at radius 2 is 1.76 bits per heavy atom. The quantitative estimate of drug-likeness (QED) is 0.507. The molecule has 0 radical (unpaired) electrons. The number of ether oxygens (including phenoxy) is 1. The summed E-state index contributed by atoms with van der Waals surface area (Å²) in [7, 11) is -1.08. The van der Waals surface area contributed by atoms with Crippen LogP contribution in [0.5, 0.6) is 0 Å². The fourth-order valence-corrected chi connectivity index (χ4v) is 4.55. The summed E-state index contributed by atoms with van der Waals surface area (Å²) in [5, 5.41) is 6.73. The summed E-state index contributed by atoms with van der Waals surface area (Å²) < 4.78 is 33.8. The number of hydrogen-bond acceptors (Lipinski definition) is 6. The summed E-state index contributed by atoms with van der Waals surface area (Å²) in [6.45, 7) is 3.68. The number of aryl methyl sites for hydroxylation is 2. The summed E-state index contributed by atoms with van der Waals surface area (Å²) >= 11 is 0. The molecule has 0 bridgehead atoms. The normalized spacial score (nSPS) is 12.1. The lowest BCUT2D eigenvalue weighted by molar-refractivity contribution is -0.145. The van der Waals surface area contributed by atoms with Gasteiger partial charge in [0, 0.05) is 14.1 Å². The number of sulfonamides is 1. The van der Waals surface area contributed by atoms with E-state index < -0.39 is 27.9 Å². The SMILES string of the molecule is CCOC(=O)C(NC(=O)c1cnn(C)c1N(C)S(=O)(=O)c1ccc(C)cc1)c1ccccc1. The van der Waals surface area contributed by atoms with Crippen molar-refractivity contribution in [3.8, 4) is 0 Å². The van der Waals surface area contributed by atoms with E-state index in [-0.39, 0.29) is 22.9 Å². The maximum absolute atomic E-state index is 13.2. The van der Waals surface area contributed by atoms with Crippen molar-refractivity contribution < 1.29 is 22.7 Å². The molecular formula is C23H26N4O5S. The van der Waals surface area contributed by atoms with Gasteiger partial charge in [-0.1, -0.05) is 48.0 Å². The van der Waals surface area contributed by atoms with E-state index in [4.69, 9.17) is 4.74 Å². The molecule has 3 aromatic rings. The number of aromatic nitrogens is 2. The second-order valence-corrected chi connectivity index (χ2v) is 9.33. The van der Waals surface area contributed by atoms with Gasteiger partial charge in [-0.25, -0.2) is 13.2 Å². The smallest absolute Gasteiger partial charge is 0.333 e. The van der Waals surface area contributed by atoms with Crippen LogP contribution >= 0.6 is 0 Å². The van der Waals surface area contributed by atoms with Gasteiger partial charge >= 0.3 is 5.97 Å². The lowest BCUT2D eigenvalue weighted by atomic mass is 10.1. The largest absolute Gasteiger partial charge is 0.464 e. The average Bonchev–Trinajstić information content (AvgIpc) is 3.19. The number of anilines is 1. The van der Waals surface area contributed by atoms with Gasteiger partial charge in [0.05, 0.1) is 17.7 Å². The molecule has 0 saturated heterocycles. The number of rotatable bonds is 8. The Balaban J connectivity index is 1.95. The number of esters is 1. The Kier molecular flexibility index (Phi) is 7.17. The Morgan fingerprint density at radius 1 is 1.12 bits per heavy atom. The topological polar surface area (TPSA) is 111 Å². The monoisotopic (exact) mass is 470 g/mol. The first-order valence-corrected chi connectivity index (χ1v) is 11.7. The van der Waals surface area contributed by atoms with E-state index >= 15 is 0 Å². The van der Waals surface area contributed by atoms with E-state index in [2.05, 4.69) is 10.4 Å². The molecule has 1 unspecified atom stereocenters. The van der Waals surface area contributed by atoms with Gasteiger partial charge in [-0.05, 0) is 31.5 Å². The molecule has 0 aliphatic heterocycles. The molecule has 0 aliphatic carbocycles. The van der Waals surface area contributed by atoms with Crippen LogP contribution in [-0.2, 0) is 26.6 Å². The van der Waals surface area contributed by atoms with Crippen LogP contribution < -0.4 is 9.62 Å². The zero-order valence-electron chi connectivity index (χ0n) is 18.8. The van der Waals surface area contributed by atoms with Crippen LogP contribution in [0.15, 0.2) is 65.7 Å². The zero-order chi connectivity index (χ0) is 24.2. The molecule has 10 heteroatoms. The summed E-state index contributed by atoms with van der Waals surface area (Å²) in [4.78, 5) is 25.8. The molecule has 1 aromatic heterocycles. The van der Waals surface area contributed by atoms with Crippen LogP contribution in [0.25, 0.3) is 0 Å². The van der Waals surface area contributed by atoms with E-state index in [0.29, 0.717) is 5.56 Å². The first kappa shape index (κ1) is 24.0. The van der Waals surface area contributed by atoms with Gasteiger partial charge < -0.3 is 10.1 Å². The molecule has 2 aromatic carbocycles. The lowest BCUT2D eigenvalue weighted by Crippen LogP contribution is -2.36. The Morgan fingerprint density at radius 3 is 2.36 bits per heavy atom. The predicted octanol–water partition coefficient (Wildman–Crippen LogP) is 2.59. The molecular weight excluding hydrogens is 444 g/mol. The zero-order valence-corrected chi connectivity index (χ0v) is 19.7. The van der Waals surface area contributed by atoms with Crippen LogP contribution in [0.1, 0.15) is 34.5 Å². The van der Waals surface area contributed by atoms with E-state index in [1.807, 2.05) is 6.92 Å². The van der Waals surface area contributed by atoms with Crippen molar-refractivity contribution in [2.24, 2.45) is 7.05 Å². The van der Waals surface area contributed by atoms with Crippen molar-refractivity contribution >= 4 is 27.7 Å². The molecule has 174 valence electrons. The highest BCUT2D eigenvalue weighted by atomic mass is 32.2. The fraction of sp³-hybridized carbons (Fsp3) is 0.261. The first-order chi connectivity index (χ1) is 15.7. The number of hydrogen-bond donors (Lipinski definition) is 1. The van der Waals surface area contributed by atoms with Crippen molar-refractivity contribution in [1.29, 1.82) is 0 Å². The molecule has 0 fully saturated rings. The number of amides is 1. The molecule has 0 spiro atoms. The molecule has 0 aliphatic rings. The standard InChI is InChI=1S/C23H26N4O5S/c1-5-32-23(29)20(17-9-7-6-8-10-17)25-21(28)19-15-24-26(3)22(19)27(4)33(30,31)18-13-11-16(2)12-14-18/h6-15,20H,5H2,1-4H3,(H,25,28). The van der Waals surface area contributed by atoms with Gasteiger partial charge in [-0.15, -0.1) is 0 Å². The lowest BCUT2D eigenvalue weighted by Gasteiger charge is -2.22. The molecule has 33 heavy (non-hydrogen) atoms. The Labute approximate surface area is 193 Å². The summed E-state index contributed by atoms with van der Waals surface area (Å²) in [6, 6.07) is 14.0. The van der Waals surface area contributed by atoms with Crippen molar-refractivity contribution in [1.82, 2.24) is 15.1 Å². The minimum atomic E-state index is -3.96. The van der Waals surface area contributed by atoms with Gasteiger partial charge in [-0.2, -0.15) is 5.10 Å². The number of benzene rings is 2. The second kappa shape index (κ2) is 9.86. The molecule has 1 N–H and O–H groups in total. The molecule has 9 nitrogen and oxygen atoms in total. The number of carbonyl (C=O) groups is 2. The van der Waals surface area contributed by atoms with Gasteiger partial charge in [-0.3, -0.25) is 13.8 Å². The second-order valence-electron chi connectivity index (χ2n) is 7.36. The van der Waals surface area contributed by atoms with E-state index in [1.165, 1.54) is 37.1 Å². The minimum Gasteiger partial charge on any atom is -0.464 e. The fourth-order valence-electron chi connectivity index (χ4n) is 3.31. The van der Waals surface area contributed by atoms with Crippen LogP contribution in [0.3, 0.4) is 0 Å². The van der Waals surface area contributed by atoms with Crippen LogP contribution in [0, 0.1) is 6.92 Å². The summed E-state index contributed by atoms with van der Waals surface area (Å²) in [6.07, 6.45) is 1.26. The first-order valence-electron chi connectivity index (χ1n) is 10.3. The third-order valence-electron chi connectivity index (χ3n) is 5.06. The Bertz CT molecular complexity index is 1240. The van der Waals surface area contributed by atoms with Crippen molar-refractivity contribution in [2.45, 2.75) is 24.8 Å². The van der Waals surface area contributed by atoms with Crippen LogP contribution in [-0.4, -0.2) is 43.7 Å². The van der Waals surface area contributed by atoms with Crippen molar-refractivity contribution in [2.75, 3.05) is 18.0 Å². The minimum absolute atomic E-state index is 0.000848. The summed E-state index contributed by atoms with van der Waals surface area (Å²) in [5.74, 6) is -1.22. The highest BCUT2D eigenvalue weighted by Gasteiger charge is 2.31. The molecule has 0 saturated carbocycles. The van der Waals surface area contributed by atoms with E-state index in [9.17, 15) is 18.0 Å². The van der Waals surface area contributed by atoms with Crippen LogP contribution in [0.2, 0.25) is 0 Å². The third-order valence-corrected chi connectivity index (χ3v) is 6.82. The molecule has 1 atom stereocenters. The number of nitrogens with zero attached hydrogens (tertiary/aromatic N) is 3. The maximum Gasteiger partial charge on any atom is 0.333 e. The van der Waals surface area contributed by atoms with E-state index in [0.717, 1.165) is 9.87 Å². The van der Waals surface area contributed by atoms with Gasteiger partial charge in [0.25, 0.3) is 15.9 Å². The number of carbonyl (C=O) groups excluding carboxylic acids is 2. The molecule has 1 heterocycles.